The van der Waals surface area contributed by atoms with Gasteiger partial charge in [-0.15, -0.1) is 0 Å². The maximum absolute atomic E-state index is 12.2. The van der Waals surface area contributed by atoms with Crippen LogP contribution in [0.1, 0.15) is 40.3 Å². The molecule has 322 valence electrons. The predicted molar refractivity (Wildman–Crippen MR) is 268 cm³/mol. The number of ether oxygens (including phenoxy) is 2. The molecule has 0 fully saturated rings. The quantitative estimate of drug-likeness (QED) is 0.0404. The SMILES string of the molecule is Cc1cc(N=C=O)ccc1Cl.[2H]C([2H])([2H])NC(=O)c1cc(Oc2ccc(N)cc2)ccn1.[2H]C([2H])([2H])NC(=O)c1cc(Oc2ccc(NC(=O)Nc3ccc(Cl)c(C)c3)cc2)ccn1.[I][V]([I])[I]. The van der Waals surface area contributed by atoms with Crippen LogP contribution in [-0.2, 0) is 9.72 Å². The molecule has 0 atom stereocenters. The molecule has 62 heavy (non-hydrogen) atoms. The third-order valence-corrected chi connectivity index (χ3v) is 8.20. The van der Waals surface area contributed by atoms with Crippen LogP contribution in [0.4, 0.5) is 27.5 Å². The Morgan fingerprint density at radius 1 is 0.677 bits per heavy atom. The van der Waals surface area contributed by atoms with Gasteiger partial charge in [-0.3, -0.25) is 19.6 Å². The van der Waals surface area contributed by atoms with Gasteiger partial charge >= 0.3 is 70.9 Å². The third-order valence-electron chi connectivity index (χ3n) is 7.35. The number of nitrogens with two attached hydrogens (primary N) is 1. The first-order valence-electron chi connectivity index (χ1n) is 20.2. The standard InChI is InChI=1S/C21H19ClN4O3.C13H13N3O2.C8H6ClNO.3HI.V/c1-13-11-15(5-8-18(13)22)26-21(28)25-14-3-6-16(7-4-14)29-17-9-10-24-19(12-17)20(27)23-2;1-15-13(17)12-8-11(6-7-16-12)18-10-4-2-9(14)3-5-10;1-6-4-7(10-5-11)2-3-8(6)9;;;;/h3-12H,1-2H3,(H,23,27)(H2,25,26,28);2-8H,14H2,1H3,(H,15,17);2-4H,1H3;3*1H;/q;;;;;;+3/p-3/i2D3;1D3;;;;;. The Kier molecular flexibility index (Phi) is 19.0. The number of amides is 4. The van der Waals surface area contributed by atoms with Crippen molar-refractivity contribution in [1.29, 1.82) is 0 Å². The summed E-state index contributed by atoms with van der Waals surface area (Å²) in [5.74, 6) is 0.0163. The van der Waals surface area contributed by atoms with Crippen molar-refractivity contribution >= 4 is 130 Å². The van der Waals surface area contributed by atoms with Crippen LogP contribution >= 0.6 is 83.1 Å². The Morgan fingerprint density at radius 3 is 1.60 bits per heavy atom. The monoisotopic (exact) mass is 1260 g/mol. The second-order valence-electron chi connectivity index (χ2n) is 11.8. The van der Waals surface area contributed by atoms with Crippen LogP contribution < -0.4 is 36.5 Å². The van der Waals surface area contributed by atoms with Crippen LogP contribution in [0, 0.1) is 13.8 Å². The summed E-state index contributed by atoms with van der Waals surface area (Å²) in [6.45, 7) is -1.48. The number of hydrogen-bond donors (Lipinski definition) is 5. The summed E-state index contributed by atoms with van der Waals surface area (Å²) in [6, 6.07) is 28.9. The van der Waals surface area contributed by atoms with E-state index in [9.17, 15) is 19.2 Å². The minimum absolute atomic E-state index is 0.0425. The van der Waals surface area contributed by atoms with Gasteiger partial charge in [-0.1, -0.05) is 23.2 Å². The normalized spacial score (nSPS) is 11.6. The molecule has 6 rings (SSSR count). The number of isocyanates is 1. The molecule has 0 aliphatic rings. The van der Waals surface area contributed by atoms with Gasteiger partial charge in [-0.25, -0.2) is 9.59 Å². The second-order valence-corrected chi connectivity index (χ2v) is 48.0. The van der Waals surface area contributed by atoms with Crippen molar-refractivity contribution in [2.24, 2.45) is 4.99 Å². The van der Waals surface area contributed by atoms with E-state index in [1.54, 1.807) is 91.0 Å². The Balaban J connectivity index is 0.000000289. The van der Waals surface area contributed by atoms with Crippen LogP contribution in [0.3, 0.4) is 0 Å². The van der Waals surface area contributed by atoms with E-state index in [0.29, 0.717) is 55.8 Å². The number of carbonyl (C=O) groups is 3. The van der Waals surface area contributed by atoms with E-state index in [4.69, 9.17) is 46.6 Å². The van der Waals surface area contributed by atoms with Crippen molar-refractivity contribution in [3.63, 3.8) is 0 Å². The molecule has 0 unspecified atom stereocenters. The zero-order valence-electron chi connectivity index (χ0n) is 38.3. The number of carbonyl (C=O) groups excluding carboxylic acids is 4. The number of urea groups is 1. The number of anilines is 3. The van der Waals surface area contributed by atoms with Gasteiger partial charge in [0, 0.05) is 73.8 Å². The average molecular weight is 1260 g/mol. The van der Waals surface area contributed by atoms with Crippen LogP contribution in [0.15, 0.2) is 127 Å². The molecule has 6 aromatic rings. The molecule has 0 radical (unpaired) electrons. The molecule has 0 saturated carbocycles. The number of halogens is 5. The first-order valence-corrected chi connectivity index (χ1v) is 31.5. The molecule has 2 heterocycles. The van der Waals surface area contributed by atoms with Crippen LogP contribution in [0.25, 0.3) is 0 Å². The van der Waals surface area contributed by atoms with E-state index < -0.39 is 31.8 Å². The number of aromatic nitrogens is 2. The summed E-state index contributed by atoms with van der Waals surface area (Å²) < 4.78 is 53.5. The minimum atomic E-state index is -2.61. The van der Waals surface area contributed by atoms with Gasteiger partial charge in [-0.2, -0.15) is 4.99 Å². The second kappa shape index (κ2) is 27.6. The van der Waals surface area contributed by atoms with Gasteiger partial charge in [0.05, 0.1) is 5.69 Å². The fourth-order valence-corrected chi connectivity index (χ4v) is 4.74. The number of aliphatic imine (C=N–C) groups is 1. The Bertz CT molecular complexity index is 2700. The molecule has 0 saturated heterocycles. The number of nitrogens with one attached hydrogen (secondary N) is 4. The van der Waals surface area contributed by atoms with E-state index in [2.05, 4.69) is 85.5 Å². The molecule has 0 aliphatic carbocycles. The van der Waals surface area contributed by atoms with Crippen molar-refractivity contribution < 1.29 is 41.8 Å². The number of nitrogen functional groups attached to an aromatic ring is 1. The molecule has 4 aromatic carbocycles. The summed E-state index contributed by atoms with van der Waals surface area (Å²) in [5, 5.41) is 10.4. The van der Waals surface area contributed by atoms with Crippen LogP contribution in [-0.4, -0.2) is 47.8 Å². The van der Waals surface area contributed by atoms with Gasteiger partial charge < -0.3 is 36.5 Å². The van der Waals surface area contributed by atoms with Crippen molar-refractivity contribution in [3.8, 4) is 23.0 Å². The van der Waals surface area contributed by atoms with Gasteiger partial charge in [0.1, 0.15) is 34.4 Å². The zero-order chi connectivity index (χ0) is 50.6. The van der Waals surface area contributed by atoms with Crippen molar-refractivity contribution in [3.05, 3.63) is 154 Å². The summed E-state index contributed by atoms with van der Waals surface area (Å²) in [5.41, 5.74) is 9.53. The number of rotatable bonds is 9. The molecule has 0 aliphatic heterocycles. The van der Waals surface area contributed by atoms with E-state index in [1.165, 1.54) is 36.7 Å². The Hall–Kier alpha value is -4.48. The first kappa shape index (κ1) is 42.8. The Labute approximate surface area is 414 Å². The third kappa shape index (κ3) is 19.3. The van der Waals surface area contributed by atoms with Gasteiger partial charge in [0.25, 0.3) is 11.8 Å². The summed E-state index contributed by atoms with van der Waals surface area (Å²) in [7, 11) is 0. The van der Waals surface area contributed by atoms with Crippen LogP contribution in [0.2, 0.25) is 10.0 Å². The van der Waals surface area contributed by atoms with E-state index >= 15 is 0 Å². The fourth-order valence-electron chi connectivity index (χ4n) is 4.51. The fraction of sp³-hybridized carbons (Fsp3) is 0.0952. The molecule has 2 aromatic heterocycles. The molecule has 4 amide bonds. The van der Waals surface area contributed by atoms with Gasteiger partial charge in [0.2, 0.25) is 6.08 Å². The molecule has 14 nitrogen and oxygen atoms in total. The molecular weight excluding hydrogens is 1220 g/mol. The van der Waals surface area contributed by atoms with E-state index in [-0.39, 0.29) is 16.3 Å². The molecule has 0 spiro atoms. The molecule has 6 N–H and O–H groups in total. The number of nitrogens with zero attached hydrogens (tertiary/aromatic N) is 3. The Morgan fingerprint density at radius 2 is 1.13 bits per heavy atom. The number of hydrogen-bond acceptors (Lipinski definition) is 10. The summed E-state index contributed by atoms with van der Waals surface area (Å²) in [6.07, 6.45) is 4.16. The summed E-state index contributed by atoms with van der Waals surface area (Å²) >= 11 is 19.1. The number of benzene rings is 4. The molecular formula is C42H38Cl2I3N8O6V. The van der Waals surface area contributed by atoms with Crippen molar-refractivity contribution in [2.45, 2.75) is 13.8 Å². The zero-order valence-corrected chi connectivity index (χ0v) is 41.6. The van der Waals surface area contributed by atoms with Crippen LogP contribution in [0.5, 0.6) is 23.0 Å². The molecule has 20 heteroatoms. The predicted octanol–water partition coefficient (Wildman–Crippen LogP) is 11.9. The maximum atomic E-state index is 12.2. The van der Waals surface area contributed by atoms with E-state index in [0.717, 1.165) is 11.1 Å². The number of aryl methyl sites for hydroxylation is 2. The average Bonchev–Trinajstić information content (AvgIpc) is 3.24. The van der Waals surface area contributed by atoms with Gasteiger partial charge in [-0.05, 0) is 122 Å². The summed E-state index contributed by atoms with van der Waals surface area (Å²) in [4.78, 5) is 56.5. The van der Waals surface area contributed by atoms with Crippen molar-refractivity contribution in [1.82, 2.24) is 20.6 Å². The van der Waals surface area contributed by atoms with Crippen molar-refractivity contribution in [2.75, 3.05) is 30.3 Å². The number of pyridine rings is 2. The topological polar surface area (TPSA) is 199 Å². The van der Waals surface area contributed by atoms with Gasteiger partial charge in [0.15, 0.2) is 0 Å². The first-order chi connectivity index (χ1) is 31.9. The molecule has 0 bridgehead atoms. The van der Waals surface area contributed by atoms with E-state index in [1.807, 2.05) is 24.5 Å².